The van der Waals surface area contributed by atoms with Gasteiger partial charge in [-0.25, -0.2) is 4.68 Å². The smallest absolute Gasteiger partial charge is 0.251 e. The molecule has 0 saturated carbocycles. The Morgan fingerprint density at radius 2 is 2.39 bits per heavy atom. The molecular weight excluding hydrogens is 232 g/mol. The van der Waals surface area contributed by atoms with E-state index in [1.807, 2.05) is 6.07 Å². The van der Waals surface area contributed by atoms with Crippen LogP contribution in [0.4, 0.5) is 0 Å². The number of aromatic nitrogens is 4. The highest BCUT2D eigenvalue weighted by atomic mass is 16.1. The van der Waals surface area contributed by atoms with Crippen LogP contribution in [0.2, 0.25) is 0 Å². The number of aryl methyl sites for hydroxylation is 1. The minimum atomic E-state index is -0.268. The summed E-state index contributed by atoms with van der Waals surface area (Å²) >= 11 is 0. The average molecular weight is 242 g/mol. The molecule has 2 aromatic rings. The summed E-state index contributed by atoms with van der Waals surface area (Å²) < 4.78 is 1.48. The Morgan fingerprint density at radius 3 is 3.06 bits per heavy atom. The number of benzene rings is 1. The van der Waals surface area contributed by atoms with Crippen molar-refractivity contribution in [2.24, 2.45) is 7.05 Å². The first-order chi connectivity index (χ1) is 8.70. The maximum Gasteiger partial charge on any atom is 0.251 e. The Hall–Kier alpha value is -2.75. The predicted molar refractivity (Wildman–Crippen MR) is 61.1 cm³/mol. The van der Waals surface area contributed by atoms with Crippen LogP contribution >= 0.6 is 0 Å². The first kappa shape index (κ1) is 11.7. The van der Waals surface area contributed by atoms with Crippen molar-refractivity contribution in [3.8, 4) is 6.07 Å². The van der Waals surface area contributed by atoms with Crippen molar-refractivity contribution in [3.63, 3.8) is 0 Å². The molecule has 1 aromatic heterocycles. The lowest BCUT2D eigenvalue weighted by molar-refractivity contribution is 0.0949. The van der Waals surface area contributed by atoms with Crippen molar-refractivity contribution in [1.29, 1.82) is 5.26 Å². The molecule has 0 aliphatic heterocycles. The van der Waals surface area contributed by atoms with Gasteiger partial charge in [0.15, 0.2) is 5.82 Å². The van der Waals surface area contributed by atoms with Gasteiger partial charge in [-0.1, -0.05) is 6.07 Å². The van der Waals surface area contributed by atoms with E-state index in [0.29, 0.717) is 17.0 Å². The molecule has 0 unspecified atom stereocenters. The minimum absolute atomic E-state index is 0.235. The number of rotatable bonds is 3. The van der Waals surface area contributed by atoms with E-state index in [2.05, 4.69) is 20.8 Å². The number of hydrogen-bond acceptors (Lipinski definition) is 5. The quantitative estimate of drug-likeness (QED) is 0.817. The van der Waals surface area contributed by atoms with Gasteiger partial charge in [0.05, 0.1) is 18.2 Å². The lowest BCUT2D eigenvalue weighted by Gasteiger charge is -2.04. The molecule has 18 heavy (non-hydrogen) atoms. The number of nitrogens with zero attached hydrogens (tertiary/aromatic N) is 5. The third-order valence-electron chi connectivity index (χ3n) is 2.37. The van der Waals surface area contributed by atoms with Gasteiger partial charge >= 0.3 is 0 Å². The molecule has 0 aliphatic rings. The van der Waals surface area contributed by atoms with Gasteiger partial charge in [0.25, 0.3) is 5.91 Å². The first-order valence-electron chi connectivity index (χ1n) is 5.20. The van der Waals surface area contributed by atoms with Gasteiger partial charge in [-0.2, -0.15) is 5.26 Å². The van der Waals surface area contributed by atoms with Gasteiger partial charge in [0.2, 0.25) is 0 Å². The second-order valence-electron chi connectivity index (χ2n) is 3.59. The van der Waals surface area contributed by atoms with E-state index in [-0.39, 0.29) is 12.5 Å². The molecule has 0 bridgehead atoms. The Kier molecular flexibility index (Phi) is 3.29. The molecule has 0 spiro atoms. The predicted octanol–water partition coefficient (Wildman–Crippen LogP) is 0.0118. The van der Waals surface area contributed by atoms with Crippen LogP contribution in [-0.4, -0.2) is 26.1 Å². The zero-order valence-corrected chi connectivity index (χ0v) is 9.66. The van der Waals surface area contributed by atoms with Crippen LogP contribution in [0.1, 0.15) is 21.7 Å². The van der Waals surface area contributed by atoms with Crippen molar-refractivity contribution < 1.29 is 4.79 Å². The maximum absolute atomic E-state index is 11.8. The van der Waals surface area contributed by atoms with Crippen molar-refractivity contribution >= 4 is 5.91 Å². The summed E-state index contributed by atoms with van der Waals surface area (Å²) in [7, 11) is 1.69. The third kappa shape index (κ3) is 2.49. The summed E-state index contributed by atoms with van der Waals surface area (Å²) in [5.41, 5.74) is 0.882. The molecular formula is C11H10N6O. The topological polar surface area (TPSA) is 96.5 Å². The van der Waals surface area contributed by atoms with Crippen LogP contribution in [0.25, 0.3) is 0 Å². The second-order valence-corrected chi connectivity index (χ2v) is 3.59. The monoisotopic (exact) mass is 242 g/mol. The average Bonchev–Trinajstić information content (AvgIpc) is 2.81. The summed E-state index contributed by atoms with van der Waals surface area (Å²) in [6.45, 7) is 0.235. The van der Waals surface area contributed by atoms with Crippen molar-refractivity contribution in [2.75, 3.05) is 0 Å². The van der Waals surface area contributed by atoms with Gasteiger partial charge in [-0.3, -0.25) is 4.79 Å². The first-order valence-corrected chi connectivity index (χ1v) is 5.20. The zero-order valence-electron chi connectivity index (χ0n) is 9.66. The van der Waals surface area contributed by atoms with Crippen LogP contribution < -0.4 is 5.32 Å². The third-order valence-corrected chi connectivity index (χ3v) is 2.37. The molecule has 1 aromatic carbocycles. The molecule has 0 aliphatic carbocycles. The highest BCUT2D eigenvalue weighted by Gasteiger charge is 2.08. The lowest BCUT2D eigenvalue weighted by Crippen LogP contribution is -2.24. The molecule has 7 nitrogen and oxygen atoms in total. The zero-order chi connectivity index (χ0) is 13.0. The number of tetrazole rings is 1. The molecule has 1 heterocycles. The van der Waals surface area contributed by atoms with Crippen LogP contribution in [0, 0.1) is 11.3 Å². The van der Waals surface area contributed by atoms with E-state index < -0.39 is 0 Å². The van der Waals surface area contributed by atoms with E-state index in [4.69, 9.17) is 5.26 Å². The fraction of sp³-hybridized carbons (Fsp3) is 0.182. The largest absolute Gasteiger partial charge is 0.345 e. The van der Waals surface area contributed by atoms with E-state index >= 15 is 0 Å². The van der Waals surface area contributed by atoms with Crippen molar-refractivity contribution in [2.45, 2.75) is 6.54 Å². The van der Waals surface area contributed by atoms with E-state index in [1.165, 1.54) is 10.7 Å². The summed E-state index contributed by atoms with van der Waals surface area (Å²) in [5.74, 6) is 0.287. The van der Waals surface area contributed by atoms with Crippen LogP contribution in [0.15, 0.2) is 24.3 Å². The Bertz CT molecular complexity index is 612. The van der Waals surface area contributed by atoms with Crippen LogP contribution in [0.5, 0.6) is 0 Å². The number of carbonyl (C=O) groups excluding carboxylic acids is 1. The lowest BCUT2D eigenvalue weighted by atomic mass is 10.1. The SMILES string of the molecule is Cn1nnnc1CNC(=O)c1cccc(C#N)c1. The fourth-order valence-corrected chi connectivity index (χ4v) is 1.39. The Labute approximate surface area is 103 Å². The Morgan fingerprint density at radius 1 is 1.56 bits per heavy atom. The molecule has 7 heteroatoms. The normalized spacial score (nSPS) is 9.78. The fourth-order valence-electron chi connectivity index (χ4n) is 1.39. The van der Waals surface area contributed by atoms with Gasteiger partial charge in [0, 0.05) is 12.6 Å². The molecule has 0 saturated heterocycles. The summed E-state index contributed by atoms with van der Waals surface area (Å²) in [6.07, 6.45) is 0. The molecule has 1 amide bonds. The second kappa shape index (κ2) is 5.05. The molecule has 90 valence electrons. The van der Waals surface area contributed by atoms with E-state index in [0.717, 1.165) is 0 Å². The highest BCUT2D eigenvalue weighted by Crippen LogP contribution is 2.04. The molecule has 0 fully saturated rings. The number of nitriles is 1. The van der Waals surface area contributed by atoms with E-state index in [9.17, 15) is 4.79 Å². The molecule has 2 rings (SSSR count). The van der Waals surface area contributed by atoms with E-state index in [1.54, 1.807) is 25.2 Å². The van der Waals surface area contributed by atoms with Crippen LogP contribution in [-0.2, 0) is 13.6 Å². The summed E-state index contributed by atoms with van der Waals surface area (Å²) in [5, 5.41) is 22.3. The van der Waals surface area contributed by atoms with Gasteiger partial charge in [-0.15, -0.1) is 5.10 Å². The van der Waals surface area contributed by atoms with Crippen LogP contribution in [0.3, 0.4) is 0 Å². The van der Waals surface area contributed by atoms with Gasteiger partial charge in [0.1, 0.15) is 0 Å². The number of nitrogens with one attached hydrogen (secondary N) is 1. The molecule has 0 atom stereocenters. The standard InChI is InChI=1S/C11H10N6O/c1-17-10(14-15-16-17)7-13-11(18)9-4-2-3-8(5-9)6-12/h2-5H,7H2,1H3,(H,13,18). The highest BCUT2D eigenvalue weighted by molar-refractivity contribution is 5.94. The summed E-state index contributed by atoms with van der Waals surface area (Å²) in [6, 6.07) is 8.47. The van der Waals surface area contributed by atoms with Crippen molar-refractivity contribution in [3.05, 3.63) is 41.2 Å². The summed E-state index contributed by atoms with van der Waals surface area (Å²) in [4.78, 5) is 11.8. The Balaban J connectivity index is 2.04. The van der Waals surface area contributed by atoms with Gasteiger partial charge < -0.3 is 5.32 Å². The number of carbonyl (C=O) groups is 1. The molecule has 0 radical (unpaired) electrons. The maximum atomic E-state index is 11.8. The molecule has 1 N–H and O–H groups in total. The number of amides is 1. The van der Waals surface area contributed by atoms with Crippen molar-refractivity contribution in [1.82, 2.24) is 25.5 Å². The minimum Gasteiger partial charge on any atom is -0.345 e. The van der Waals surface area contributed by atoms with Gasteiger partial charge in [-0.05, 0) is 28.6 Å². The number of hydrogen-bond donors (Lipinski definition) is 1.